The zero-order valence-electron chi connectivity index (χ0n) is 29.9. The van der Waals surface area contributed by atoms with Gasteiger partial charge in [0.1, 0.15) is 0 Å². The summed E-state index contributed by atoms with van der Waals surface area (Å²) in [6.07, 6.45) is 0. The molecule has 0 unspecified atom stereocenters. The van der Waals surface area contributed by atoms with Crippen LogP contribution in [0.1, 0.15) is 0 Å². The number of hydrogen-bond acceptors (Lipinski definition) is 3. The number of nitrogens with zero attached hydrogens (tertiary/aromatic N) is 4. The zero-order chi connectivity index (χ0) is 36.6. The first-order chi connectivity index (χ1) is 27.3. The molecule has 8 aromatic carbocycles. The van der Waals surface area contributed by atoms with Gasteiger partial charge in [0, 0.05) is 27.5 Å². The Morgan fingerprint density at radius 1 is 0.291 bits per heavy atom. The molecule has 2 aromatic heterocycles. The van der Waals surface area contributed by atoms with E-state index >= 15 is 0 Å². The van der Waals surface area contributed by atoms with Crippen molar-refractivity contribution in [3.8, 4) is 73.2 Å². The highest BCUT2D eigenvalue weighted by molar-refractivity contribution is 6.14. The lowest BCUT2D eigenvalue weighted by atomic mass is 10.0. The number of rotatable bonds is 7. The lowest BCUT2D eigenvalue weighted by molar-refractivity contribution is 0.954. The molecule has 0 aliphatic heterocycles. The smallest absolute Gasteiger partial charge is 0.238 e. The van der Waals surface area contributed by atoms with Crippen molar-refractivity contribution in [1.82, 2.24) is 19.5 Å². The minimum absolute atomic E-state index is 0.561. The van der Waals surface area contributed by atoms with Gasteiger partial charge in [0.2, 0.25) is 5.95 Å². The van der Waals surface area contributed by atoms with Crippen molar-refractivity contribution in [3.05, 3.63) is 206 Å². The second-order valence-electron chi connectivity index (χ2n) is 13.7. The van der Waals surface area contributed by atoms with E-state index in [-0.39, 0.29) is 0 Å². The second-order valence-corrected chi connectivity index (χ2v) is 13.7. The van der Waals surface area contributed by atoms with E-state index in [0.717, 1.165) is 77.4 Å². The minimum atomic E-state index is 0.561. The van der Waals surface area contributed by atoms with E-state index in [0.29, 0.717) is 17.6 Å². The minimum Gasteiger partial charge on any atom is -0.277 e. The molecule has 0 saturated carbocycles. The number of fused-ring (bicyclic) bond motifs is 3. The maximum Gasteiger partial charge on any atom is 0.238 e. The van der Waals surface area contributed by atoms with E-state index in [1.165, 1.54) is 0 Å². The van der Waals surface area contributed by atoms with Gasteiger partial charge < -0.3 is 0 Å². The lowest BCUT2D eigenvalue weighted by Crippen LogP contribution is -2.07. The van der Waals surface area contributed by atoms with Gasteiger partial charge in [0.25, 0.3) is 0 Å². The highest BCUT2D eigenvalue weighted by Crippen LogP contribution is 2.40. The summed E-state index contributed by atoms with van der Waals surface area (Å²) in [7, 11) is 0. The average Bonchev–Trinajstić information content (AvgIpc) is 3.61. The summed E-state index contributed by atoms with van der Waals surface area (Å²) in [6, 6.07) is 72.2. The highest BCUT2D eigenvalue weighted by atomic mass is 15.2. The fourth-order valence-electron chi connectivity index (χ4n) is 7.57. The standard InChI is InChI=1S/C51H34N4/c1-5-15-35(16-6-1)38-27-29-40(30-28-38)49-52-50(43-24-13-23-41(33-43)36-17-7-2-8-18-36)54-51(53-49)55-47-34-42(37-19-9-3-10-20-37)31-32-45(47)46-26-14-25-44(48(46)55)39-21-11-4-12-22-39/h1-34H. The van der Waals surface area contributed by atoms with Crippen LogP contribution in [0.3, 0.4) is 0 Å². The number of hydrogen-bond donors (Lipinski definition) is 0. The molecule has 0 radical (unpaired) electrons. The van der Waals surface area contributed by atoms with E-state index in [9.17, 15) is 0 Å². The lowest BCUT2D eigenvalue weighted by Gasteiger charge is -2.14. The van der Waals surface area contributed by atoms with Crippen molar-refractivity contribution < 1.29 is 0 Å². The van der Waals surface area contributed by atoms with Gasteiger partial charge in [-0.3, -0.25) is 4.57 Å². The van der Waals surface area contributed by atoms with Gasteiger partial charge in [-0.2, -0.15) is 9.97 Å². The van der Waals surface area contributed by atoms with Crippen LogP contribution in [0.25, 0.3) is 95.0 Å². The molecule has 0 spiro atoms. The third-order valence-corrected chi connectivity index (χ3v) is 10.3. The van der Waals surface area contributed by atoms with Gasteiger partial charge in [-0.15, -0.1) is 0 Å². The molecule has 0 atom stereocenters. The molecule has 258 valence electrons. The van der Waals surface area contributed by atoms with E-state index in [2.05, 4.69) is 199 Å². The van der Waals surface area contributed by atoms with E-state index < -0.39 is 0 Å². The summed E-state index contributed by atoms with van der Waals surface area (Å²) in [5.74, 6) is 1.78. The van der Waals surface area contributed by atoms with E-state index in [4.69, 9.17) is 15.0 Å². The average molecular weight is 703 g/mol. The van der Waals surface area contributed by atoms with Crippen LogP contribution in [0.4, 0.5) is 0 Å². The van der Waals surface area contributed by atoms with Gasteiger partial charge in [0.05, 0.1) is 11.0 Å². The Kier molecular flexibility index (Phi) is 8.12. The summed E-state index contributed by atoms with van der Waals surface area (Å²) >= 11 is 0. The predicted octanol–water partition coefficient (Wildman–Crippen LogP) is 13.0. The monoisotopic (exact) mass is 702 g/mol. The number of aromatic nitrogens is 4. The Bertz CT molecular complexity index is 2940. The molecular weight excluding hydrogens is 669 g/mol. The Hall–Kier alpha value is -7.43. The second kappa shape index (κ2) is 13.8. The molecule has 4 heteroatoms. The molecule has 10 rings (SSSR count). The fraction of sp³-hybridized carbons (Fsp3) is 0. The summed E-state index contributed by atoms with van der Waals surface area (Å²) in [4.78, 5) is 15.9. The third-order valence-electron chi connectivity index (χ3n) is 10.3. The summed E-state index contributed by atoms with van der Waals surface area (Å²) < 4.78 is 2.24. The molecule has 55 heavy (non-hydrogen) atoms. The Labute approximate surface area is 319 Å². The van der Waals surface area contributed by atoms with Crippen molar-refractivity contribution in [3.63, 3.8) is 0 Å². The molecule has 2 heterocycles. The molecule has 10 aromatic rings. The van der Waals surface area contributed by atoms with Crippen molar-refractivity contribution in [2.75, 3.05) is 0 Å². The first-order valence-corrected chi connectivity index (χ1v) is 18.5. The Morgan fingerprint density at radius 3 is 1.38 bits per heavy atom. The maximum atomic E-state index is 5.35. The van der Waals surface area contributed by atoms with Gasteiger partial charge in [-0.1, -0.05) is 194 Å². The summed E-state index contributed by atoms with van der Waals surface area (Å²) in [6.45, 7) is 0. The molecule has 0 aliphatic carbocycles. The molecule has 0 N–H and O–H groups in total. The van der Waals surface area contributed by atoms with Gasteiger partial charge in [-0.05, 0) is 51.1 Å². The molecule has 0 saturated heterocycles. The zero-order valence-corrected chi connectivity index (χ0v) is 29.9. The van der Waals surface area contributed by atoms with Crippen LogP contribution in [-0.4, -0.2) is 19.5 Å². The quantitative estimate of drug-likeness (QED) is 0.166. The van der Waals surface area contributed by atoms with Crippen LogP contribution >= 0.6 is 0 Å². The van der Waals surface area contributed by atoms with Crippen LogP contribution in [0.15, 0.2) is 206 Å². The highest BCUT2D eigenvalue weighted by Gasteiger charge is 2.21. The van der Waals surface area contributed by atoms with Crippen molar-refractivity contribution >= 4 is 21.8 Å². The van der Waals surface area contributed by atoms with Crippen molar-refractivity contribution in [2.45, 2.75) is 0 Å². The molecule has 0 amide bonds. The van der Waals surface area contributed by atoms with Crippen LogP contribution in [0.2, 0.25) is 0 Å². The molecule has 0 aliphatic rings. The van der Waals surface area contributed by atoms with E-state index in [1.807, 2.05) is 12.1 Å². The van der Waals surface area contributed by atoms with Gasteiger partial charge in [0.15, 0.2) is 11.6 Å². The van der Waals surface area contributed by atoms with Crippen molar-refractivity contribution in [2.24, 2.45) is 0 Å². The summed E-state index contributed by atoms with van der Waals surface area (Å²) in [5.41, 5.74) is 13.0. The molecule has 0 bridgehead atoms. The van der Waals surface area contributed by atoms with Crippen LogP contribution < -0.4 is 0 Å². The van der Waals surface area contributed by atoms with Crippen LogP contribution in [-0.2, 0) is 0 Å². The SMILES string of the molecule is c1ccc(-c2ccc(-c3nc(-c4cccc(-c5ccccc5)c4)nc(-n4c5cc(-c6ccccc6)ccc5c5cccc(-c6ccccc6)c54)n3)cc2)cc1. The molecule has 4 nitrogen and oxygen atoms in total. The van der Waals surface area contributed by atoms with Crippen molar-refractivity contribution in [1.29, 1.82) is 0 Å². The topological polar surface area (TPSA) is 43.6 Å². The first-order valence-electron chi connectivity index (χ1n) is 18.5. The van der Waals surface area contributed by atoms with Crippen LogP contribution in [0, 0.1) is 0 Å². The maximum absolute atomic E-state index is 5.35. The third kappa shape index (κ3) is 6.06. The fourth-order valence-corrected chi connectivity index (χ4v) is 7.57. The Morgan fingerprint density at radius 2 is 0.745 bits per heavy atom. The van der Waals surface area contributed by atoms with Gasteiger partial charge in [-0.25, -0.2) is 4.98 Å². The van der Waals surface area contributed by atoms with E-state index in [1.54, 1.807) is 0 Å². The largest absolute Gasteiger partial charge is 0.277 e. The number of benzene rings is 8. The van der Waals surface area contributed by atoms with Crippen LogP contribution in [0.5, 0.6) is 0 Å². The molecule has 0 fully saturated rings. The predicted molar refractivity (Wildman–Crippen MR) is 227 cm³/mol. The molecular formula is C51H34N4. The first kappa shape index (κ1) is 32.2. The summed E-state index contributed by atoms with van der Waals surface area (Å²) in [5, 5.41) is 2.27. The Balaban J connectivity index is 1.25. The number of para-hydroxylation sites is 1. The normalized spacial score (nSPS) is 11.3. The van der Waals surface area contributed by atoms with Gasteiger partial charge >= 0.3 is 0 Å².